The van der Waals surface area contributed by atoms with Crippen molar-refractivity contribution in [2.24, 2.45) is 0 Å². The summed E-state index contributed by atoms with van der Waals surface area (Å²) in [6.45, 7) is 1.95. The third kappa shape index (κ3) is 4.59. The van der Waals surface area contributed by atoms with Crippen LogP contribution in [-0.2, 0) is 0 Å². The smallest absolute Gasteiger partial charge is 0.251 e. The van der Waals surface area contributed by atoms with Crippen molar-refractivity contribution in [3.05, 3.63) is 78.0 Å². The van der Waals surface area contributed by atoms with Gasteiger partial charge in [0.15, 0.2) is 0 Å². The number of carbonyl (C=O) groups excluding carboxylic acids is 1. The second-order valence-electron chi connectivity index (χ2n) is 6.23. The van der Waals surface area contributed by atoms with Crippen molar-refractivity contribution >= 4 is 17.4 Å². The Hall–Kier alpha value is -3.54. The van der Waals surface area contributed by atoms with Crippen molar-refractivity contribution in [2.75, 3.05) is 19.5 Å². The molecule has 1 atom stereocenters. The first-order valence-corrected chi connectivity index (χ1v) is 8.91. The molecule has 0 fully saturated rings. The van der Waals surface area contributed by atoms with Gasteiger partial charge < -0.3 is 20.1 Å². The van der Waals surface area contributed by atoms with E-state index in [1.54, 1.807) is 38.6 Å². The zero-order valence-corrected chi connectivity index (χ0v) is 16.1. The summed E-state index contributed by atoms with van der Waals surface area (Å²) in [6.07, 6.45) is 1.59. The Kier molecular flexibility index (Phi) is 6.11. The lowest BCUT2D eigenvalue weighted by atomic mass is 10.1. The number of rotatable bonds is 7. The second-order valence-corrected chi connectivity index (χ2v) is 6.23. The molecule has 6 nitrogen and oxygen atoms in total. The van der Waals surface area contributed by atoms with E-state index >= 15 is 0 Å². The summed E-state index contributed by atoms with van der Waals surface area (Å²) in [4.78, 5) is 16.9. The van der Waals surface area contributed by atoms with Crippen LogP contribution in [0.25, 0.3) is 0 Å². The molecule has 2 N–H and O–H groups in total. The van der Waals surface area contributed by atoms with E-state index < -0.39 is 0 Å². The predicted octanol–water partition coefficient (Wildman–Crippen LogP) is 4.33. The Morgan fingerprint density at radius 1 is 1.00 bits per heavy atom. The maximum atomic E-state index is 12.6. The van der Waals surface area contributed by atoms with E-state index in [0.717, 1.165) is 5.56 Å². The van der Waals surface area contributed by atoms with E-state index in [4.69, 9.17) is 9.47 Å². The fourth-order valence-corrected chi connectivity index (χ4v) is 2.79. The summed E-state index contributed by atoms with van der Waals surface area (Å²) in [5, 5.41) is 6.19. The molecule has 0 aliphatic rings. The van der Waals surface area contributed by atoms with Crippen LogP contribution in [0.1, 0.15) is 28.9 Å². The Labute approximate surface area is 164 Å². The minimum Gasteiger partial charge on any atom is -0.497 e. The largest absolute Gasteiger partial charge is 0.497 e. The Morgan fingerprint density at radius 2 is 1.79 bits per heavy atom. The summed E-state index contributed by atoms with van der Waals surface area (Å²) in [5.74, 6) is 1.70. The Bertz CT molecular complexity index is 945. The van der Waals surface area contributed by atoms with Crippen LogP contribution in [0.2, 0.25) is 0 Å². The molecular formula is C22H23N3O3. The average Bonchev–Trinajstić information content (AvgIpc) is 2.74. The summed E-state index contributed by atoms with van der Waals surface area (Å²) >= 11 is 0. The molecule has 3 aromatic rings. The normalized spacial score (nSPS) is 11.4. The zero-order valence-electron chi connectivity index (χ0n) is 16.1. The number of carbonyl (C=O) groups is 1. The number of ether oxygens (including phenoxy) is 2. The summed E-state index contributed by atoms with van der Waals surface area (Å²) < 4.78 is 10.6. The lowest BCUT2D eigenvalue weighted by molar-refractivity contribution is 0.0940. The number of benzene rings is 2. The van der Waals surface area contributed by atoms with Gasteiger partial charge in [-0.05, 0) is 36.8 Å². The number of pyridine rings is 1. The van der Waals surface area contributed by atoms with Gasteiger partial charge in [0.1, 0.15) is 17.3 Å². The summed E-state index contributed by atoms with van der Waals surface area (Å²) in [6, 6.07) is 18.5. The van der Waals surface area contributed by atoms with E-state index in [0.29, 0.717) is 28.6 Å². The van der Waals surface area contributed by atoms with E-state index in [9.17, 15) is 4.79 Å². The first-order valence-electron chi connectivity index (χ1n) is 8.91. The first-order chi connectivity index (χ1) is 13.6. The van der Waals surface area contributed by atoms with Crippen LogP contribution in [0.3, 0.4) is 0 Å². The molecule has 0 aliphatic heterocycles. The van der Waals surface area contributed by atoms with Gasteiger partial charge in [0, 0.05) is 17.8 Å². The fourth-order valence-electron chi connectivity index (χ4n) is 2.79. The van der Waals surface area contributed by atoms with Crippen molar-refractivity contribution in [2.45, 2.75) is 13.0 Å². The van der Waals surface area contributed by atoms with Gasteiger partial charge in [0.05, 0.1) is 25.9 Å². The van der Waals surface area contributed by atoms with Gasteiger partial charge in [-0.25, -0.2) is 4.98 Å². The molecule has 1 aromatic heterocycles. The summed E-state index contributed by atoms with van der Waals surface area (Å²) in [7, 11) is 3.19. The monoisotopic (exact) mass is 377 g/mol. The topological polar surface area (TPSA) is 72.5 Å². The molecule has 1 amide bonds. The number of hydrogen-bond acceptors (Lipinski definition) is 5. The van der Waals surface area contributed by atoms with Crippen LogP contribution in [0.15, 0.2) is 66.9 Å². The highest BCUT2D eigenvalue weighted by Crippen LogP contribution is 2.31. The molecule has 0 saturated heterocycles. The molecule has 6 heteroatoms. The van der Waals surface area contributed by atoms with Gasteiger partial charge in [-0.3, -0.25) is 4.79 Å². The van der Waals surface area contributed by atoms with Crippen LogP contribution >= 0.6 is 0 Å². The number of methoxy groups -OCH3 is 2. The van der Waals surface area contributed by atoms with Gasteiger partial charge >= 0.3 is 0 Å². The maximum Gasteiger partial charge on any atom is 0.251 e. The number of aromatic nitrogens is 1. The maximum absolute atomic E-state index is 12.6. The van der Waals surface area contributed by atoms with Gasteiger partial charge in [0.25, 0.3) is 5.91 Å². The molecule has 0 bridgehead atoms. The third-order valence-corrected chi connectivity index (χ3v) is 4.34. The number of nitrogens with one attached hydrogen (secondary N) is 2. The molecule has 0 saturated carbocycles. The van der Waals surface area contributed by atoms with Gasteiger partial charge in [-0.2, -0.15) is 0 Å². The molecule has 0 spiro atoms. The van der Waals surface area contributed by atoms with Crippen LogP contribution in [0.5, 0.6) is 11.5 Å². The molecule has 28 heavy (non-hydrogen) atoms. The Morgan fingerprint density at radius 3 is 2.50 bits per heavy atom. The van der Waals surface area contributed by atoms with Crippen molar-refractivity contribution in [1.82, 2.24) is 10.3 Å². The van der Waals surface area contributed by atoms with Gasteiger partial charge in [-0.1, -0.05) is 30.3 Å². The minimum atomic E-state index is -0.167. The van der Waals surface area contributed by atoms with Gasteiger partial charge in [0.2, 0.25) is 0 Å². The zero-order chi connectivity index (χ0) is 19.9. The van der Waals surface area contributed by atoms with Crippen LogP contribution in [0.4, 0.5) is 11.5 Å². The first kappa shape index (κ1) is 19.2. The molecular weight excluding hydrogens is 354 g/mol. The van der Waals surface area contributed by atoms with Crippen molar-refractivity contribution in [1.29, 1.82) is 0 Å². The van der Waals surface area contributed by atoms with Crippen molar-refractivity contribution < 1.29 is 14.3 Å². The summed E-state index contributed by atoms with van der Waals surface area (Å²) in [5.41, 5.74) is 2.26. The molecule has 144 valence electrons. The van der Waals surface area contributed by atoms with E-state index in [1.807, 2.05) is 49.4 Å². The number of nitrogens with zero attached hydrogens (tertiary/aromatic N) is 1. The quantitative estimate of drug-likeness (QED) is 0.641. The van der Waals surface area contributed by atoms with E-state index in [-0.39, 0.29) is 11.9 Å². The molecule has 2 aromatic carbocycles. The van der Waals surface area contributed by atoms with E-state index in [2.05, 4.69) is 15.6 Å². The lowest BCUT2D eigenvalue weighted by Gasteiger charge is -2.15. The lowest BCUT2D eigenvalue weighted by Crippen LogP contribution is -2.26. The molecule has 3 rings (SSSR count). The molecule has 0 aliphatic carbocycles. The highest BCUT2D eigenvalue weighted by molar-refractivity contribution is 5.95. The predicted molar refractivity (Wildman–Crippen MR) is 109 cm³/mol. The highest BCUT2D eigenvalue weighted by Gasteiger charge is 2.13. The molecule has 0 radical (unpaired) electrons. The Balaban J connectivity index is 1.76. The molecule has 1 heterocycles. The number of hydrogen-bond donors (Lipinski definition) is 2. The van der Waals surface area contributed by atoms with Crippen molar-refractivity contribution in [3.63, 3.8) is 0 Å². The third-order valence-electron chi connectivity index (χ3n) is 4.34. The fraction of sp³-hybridized carbons (Fsp3) is 0.182. The number of amides is 1. The minimum absolute atomic E-state index is 0.100. The van der Waals surface area contributed by atoms with Crippen LogP contribution in [-0.4, -0.2) is 25.1 Å². The van der Waals surface area contributed by atoms with Crippen LogP contribution < -0.4 is 20.1 Å². The second kappa shape index (κ2) is 8.90. The number of anilines is 2. The standard InChI is InChI=1S/C22H23N3O3/c1-15(16-7-5-4-6-8-16)24-22(26)17-11-12-23-21(13-17)25-19-14-18(27-2)9-10-20(19)28-3/h4-15H,1-3H3,(H,23,25)(H,24,26). The van der Waals surface area contributed by atoms with E-state index in [1.165, 1.54) is 0 Å². The average molecular weight is 377 g/mol. The highest BCUT2D eigenvalue weighted by atomic mass is 16.5. The van der Waals surface area contributed by atoms with Crippen molar-refractivity contribution in [3.8, 4) is 11.5 Å². The SMILES string of the molecule is COc1ccc(OC)c(Nc2cc(C(=O)NC(C)c3ccccc3)ccn2)c1. The van der Waals surface area contributed by atoms with Crippen LogP contribution in [0, 0.1) is 0 Å². The van der Waals surface area contributed by atoms with Gasteiger partial charge in [-0.15, -0.1) is 0 Å². The molecule has 1 unspecified atom stereocenters.